The number of sulfonamides is 1. The van der Waals surface area contributed by atoms with Crippen LogP contribution in [0.15, 0.2) is 51.8 Å². The zero-order valence-electron chi connectivity index (χ0n) is 14.1. The zero-order valence-corrected chi connectivity index (χ0v) is 16.5. The summed E-state index contributed by atoms with van der Waals surface area (Å²) in [4.78, 5) is 12.3. The summed E-state index contributed by atoms with van der Waals surface area (Å²) in [5, 5.41) is 7.82. The number of ether oxygens (including phenoxy) is 2. The minimum atomic E-state index is -3.72. The van der Waals surface area contributed by atoms with Crippen LogP contribution >= 0.6 is 15.9 Å². The molecule has 0 saturated carbocycles. The summed E-state index contributed by atoms with van der Waals surface area (Å²) < 4.78 is 33.6. The molecule has 9 heteroatoms. The van der Waals surface area contributed by atoms with E-state index >= 15 is 0 Å². The van der Waals surface area contributed by atoms with Gasteiger partial charge in [0.2, 0.25) is 10.0 Å². The number of primary sulfonamides is 1. The van der Waals surface area contributed by atoms with Crippen molar-refractivity contribution in [3.8, 4) is 5.75 Å². The molecule has 0 saturated heterocycles. The van der Waals surface area contributed by atoms with Crippen molar-refractivity contribution in [1.82, 2.24) is 5.32 Å². The first-order valence-corrected chi connectivity index (χ1v) is 9.96. The van der Waals surface area contributed by atoms with Crippen LogP contribution in [0.25, 0.3) is 0 Å². The maximum atomic E-state index is 12.3. The van der Waals surface area contributed by atoms with Crippen molar-refractivity contribution in [2.45, 2.75) is 11.4 Å². The Balaban J connectivity index is 1.96. The number of hydrogen-bond acceptors (Lipinski definition) is 5. The first-order chi connectivity index (χ1) is 12.3. The standard InChI is InChI=1S/C17H19BrN2O5S/c1-24-8-9-25-16-7-4-13(10-15(16)18)17(21)20-11-12-2-5-14(6-3-12)26(19,22)23/h2-7,10H,8-9,11H2,1H3,(H,20,21)(H2,19,22,23). The van der Waals surface area contributed by atoms with Gasteiger partial charge in [0, 0.05) is 19.2 Å². The molecule has 0 aromatic heterocycles. The second-order valence-electron chi connectivity index (χ2n) is 5.36. The summed E-state index contributed by atoms with van der Waals surface area (Å²) in [5.74, 6) is 0.363. The third-order valence-electron chi connectivity index (χ3n) is 3.44. The molecule has 0 aliphatic carbocycles. The fraction of sp³-hybridized carbons (Fsp3) is 0.235. The van der Waals surface area contributed by atoms with Gasteiger partial charge in [-0.2, -0.15) is 0 Å². The Bertz CT molecular complexity index is 869. The van der Waals surface area contributed by atoms with Gasteiger partial charge in [-0.25, -0.2) is 13.6 Å². The molecular weight excluding hydrogens is 424 g/mol. The van der Waals surface area contributed by atoms with E-state index in [1.165, 1.54) is 12.1 Å². The molecule has 2 rings (SSSR count). The predicted molar refractivity (Wildman–Crippen MR) is 100 cm³/mol. The minimum Gasteiger partial charge on any atom is -0.490 e. The van der Waals surface area contributed by atoms with Crippen LogP contribution in [0, 0.1) is 0 Å². The number of nitrogens with one attached hydrogen (secondary N) is 1. The van der Waals surface area contributed by atoms with E-state index in [1.54, 1.807) is 37.4 Å². The van der Waals surface area contributed by atoms with Crippen LogP contribution in [0.5, 0.6) is 5.75 Å². The topological polar surface area (TPSA) is 108 Å². The molecule has 0 fully saturated rings. The van der Waals surface area contributed by atoms with Gasteiger partial charge in [-0.1, -0.05) is 12.1 Å². The number of benzene rings is 2. The molecule has 0 atom stereocenters. The molecule has 140 valence electrons. The summed E-state index contributed by atoms with van der Waals surface area (Å²) in [6.07, 6.45) is 0. The van der Waals surface area contributed by atoms with Gasteiger partial charge in [0.25, 0.3) is 5.91 Å². The molecule has 2 aromatic rings. The largest absolute Gasteiger partial charge is 0.490 e. The molecule has 0 heterocycles. The van der Waals surface area contributed by atoms with E-state index in [4.69, 9.17) is 14.6 Å². The molecule has 7 nitrogen and oxygen atoms in total. The van der Waals surface area contributed by atoms with Gasteiger partial charge in [0.05, 0.1) is 16.0 Å². The molecule has 26 heavy (non-hydrogen) atoms. The highest BCUT2D eigenvalue weighted by Gasteiger charge is 2.10. The summed E-state index contributed by atoms with van der Waals surface area (Å²) in [6, 6.07) is 11.0. The molecule has 0 radical (unpaired) electrons. The quantitative estimate of drug-likeness (QED) is 0.608. The number of amides is 1. The van der Waals surface area contributed by atoms with E-state index in [0.717, 1.165) is 5.56 Å². The van der Waals surface area contributed by atoms with Crippen LogP contribution in [-0.2, 0) is 21.3 Å². The van der Waals surface area contributed by atoms with Crippen molar-refractivity contribution < 1.29 is 22.7 Å². The Hall–Kier alpha value is -1.94. The van der Waals surface area contributed by atoms with Crippen molar-refractivity contribution in [3.63, 3.8) is 0 Å². The molecular formula is C17H19BrN2O5S. The molecule has 0 unspecified atom stereocenters. The smallest absolute Gasteiger partial charge is 0.251 e. The second-order valence-corrected chi connectivity index (χ2v) is 7.77. The first-order valence-electron chi connectivity index (χ1n) is 7.62. The third kappa shape index (κ3) is 5.80. The van der Waals surface area contributed by atoms with Crippen molar-refractivity contribution in [3.05, 3.63) is 58.1 Å². The highest BCUT2D eigenvalue weighted by molar-refractivity contribution is 9.10. The lowest BCUT2D eigenvalue weighted by Gasteiger charge is -2.10. The minimum absolute atomic E-state index is 0.0283. The molecule has 0 bridgehead atoms. The Morgan fingerprint density at radius 2 is 1.85 bits per heavy atom. The number of methoxy groups -OCH3 is 1. The SMILES string of the molecule is COCCOc1ccc(C(=O)NCc2ccc(S(N)(=O)=O)cc2)cc1Br. The molecule has 0 spiro atoms. The molecule has 1 amide bonds. The van der Waals surface area contributed by atoms with E-state index in [9.17, 15) is 13.2 Å². The number of halogens is 1. The van der Waals surface area contributed by atoms with Crippen LogP contribution in [0.4, 0.5) is 0 Å². The first kappa shape index (κ1) is 20.4. The molecule has 0 aliphatic rings. The lowest BCUT2D eigenvalue weighted by molar-refractivity contribution is 0.0950. The van der Waals surface area contributed by atoms with Crippen molar-refractivity contribution in [2.75, 3.05) is 20.3 Å². The van der Waals surface area contributed by atoms with Crippen molar-refractivity contribution in [1.29, 1.82) is 0 Å². The third-order valence-corrected chi connectivity index (χ3v) is 4.99. The number of carbonyl (C=O) groups excluding carboxylic acids is 1. The normalized spacial score (nSPS) is 11.2. The highest BCUT2D eigenvalue weighted by Crippen LogP contribution is 2.26. The van der Waals surface area contributed by atoms with E-state index in [-0.39, 0.29) is 17.3 Å². The van der Waals surface area contributed by atoms with Gasteiger partial charge in [-0.3, -0.25) is 4.79 Å². The van der Waals surface area contributed by atoms with Gasteiger partial charge >= 0.3 is 0 Å². The Labute approximate surface area is 160 Å². The van der Waals surface area contributed by atoms with E-state index in [0.29, 0.717) is 29.0 Å². The lowest BCUT2D eigenvalue weighted by Crippen LogP contribution is -2.23. The van der Waals surface area contributed by atoms with Crippen LogP contribution in [0.1, 0.15) is 15.9 Å². The fourth-order valence-electron chi connectivity index (χ4n) is 2.08. The average molecular weight is 443 g/mol. The molecule has 2 aromatic carbocycles. The van der Waals surface area contributed by atoms with Crippen molar-refractivity contribution >= 4 is 31.9 Å². The number of hydrogen-bond donors (Lipinski definition) is 2. The van der Waals surface area contributed by atoms with Crippen LogP contribution in [0.3, 0.4) is 0 Å². The Morgan fingerprint density at radius 3 is 2.42 bits per heavy atom. The summed E-state index contributed by atoms with van der Waals surface area (Å²) in [7, 11) is -2.13. The predicted octanol–water partition coefficient (Wildman–Crippen LogP) is 2.05. The molecule has 0 aliphatic heterocycles. The van der Waals surface area contributed by atoms with Crippen molar-refractivity contribution in [2.24, 2.45) is 5.14 Å². The van der Waals surface area contributed by atoms with Crippen LogP contribution in [-0.4, -0.2) is 34.6 Å². The van der Waals surface area contributed by atoms with E-state index in [1.807, 2.05) is 0 Å². The Morgan fingerprint density at radius 1 is 1.15 bits per heavy atom. The monoisotopic (exact) mass is 442 g/mol. The maximum absolute atomic E-state index is 12.3. The van der Waals surface area contributed by atoms with Gasteiger partial charge in [0.1, 0.15) is 12.4 Å². The fourth-order valence-corrected chi connectivity index (χ4v) is 3.08. The Kier molecular flexibility index (Phi) is 7.15. The number of nitrogens with two attached hydrogens (primary N) is 1. The summed E-state index contributed by atoms with van der Waals surface area (Å²) in [6.45, 7) is 1.14. The van der Waals surface area contributed by atoms with E-state index in [2.05, 4.69) is 21.2 Å². The van der Waals surface area contributed by atoms with Crippen LogP contribution in [0.2, 0.25) is 0 Å². The summed E-state index contributed by atoms with van der Waals surface area (Å²) in [5.41, 5.74) is 1.22. The second kappa shape index (κ2) is 9.13. The maximum Gasteiger partial charge on any atom is 0.251 e. The van der Waals surface area contributed by atoms with E-state index < -0.39 is 10.0 Å². The highest BCUT2D eigenvalue weighted by atomic mass is 79.9. The van der Waals surface area contributed by atoms with Gasteiger partial charge in [-0.05, 0) is 51.8 Å². The lowest BCUT2D eigenvalue weighted by atomic mass is 10.2. The zero-order chi connectivity index (χ0) is 19.2. The van der Waals surface area contributed by atoms with Gasteiger partial charge < -0.3 is 14.8 Å². The van der Waals surface area contributed by atoms with Crippen LogP contribution < -0.4 is 15.2 Å². The summed E-state index contributed by atoms with van der Waals surface area (Å²) >= 11 is 3.38. The average Bonchev–Trinajstić information content (AvgIpc) is 2.60. The number of rotatable bonds is 8. The number of carbonyl (C=O) groups is 1. The molecule has 3 N–H and O–H groups in total. The van der Waals surface area contributed by atoms with Gasteiger partial charge in [-0.15, -0.1) is 0 Å². The van der Waals surface area contributed by atoms with Gasteiger partial charge in [0.15, 0.2) is 0 Å².